The molecule has 7 nitrogen and oxygen atoms in total. The lowest BCUT2D eigenvalue weighted by molar-refractivity contribution is -0.808. The maximum atomic E-state index is 11.3. The van der Waals surface area contributed by atoms with Crippen molar-refractivity contribution in [3.05, 3.63) is 16.6 Å². The van der Waals surface area contributed by atoms with Gasteiger partial charge in [-0.2, -0.15) is 5.06 Å². The molecule has 3 atom stereocenters. The molecule has 0 amide bonds. The average molecular weight is 227 g/mol. The first kappa shape index (κ1) is 10.0. The van der Waals surface area contributed by atoms with E-state index in [1.54, 1.807) is 0 Å². The van der Waals surface area contributed by atoms with Crippen LogP contribution < -0.4 is 4.90 Å². The normalized spacial score (nSPS) is 38.4. The molecular weight excluding hydrogens is 214 g/mol. The molecule has 0 bridgehead atoms. The number of hydrogen-bond donors (Lipinski definition) is 2. The van der Waals surface area contributed by atoms with Crippen LogP contribution in [0, 0.1) is 5.21 Å². The van der Waals surface area contributed by atoms with Crippen molar-refractivity contribution in [3.8, 4) is 0 Å². The summed E-state index contributed by atoms with van der Waals surface area (Å²) in [6.07, 6.45) is 1.33. The highest BCUT2D eigenvalue weighted by atomic mass is 16.8. The van der Waals surface area contributed by atoms with E-state index in [1.807, 2.05) is 6.92 Å². The zero-order chi connectivity index (χ0) is 11.5. The van der Waals surface area contributed by atoms with Crippen LogP contribution in [0.3, 0.4) is 0 Å². The van der Waals surface area contributed by atoms with Crippen molar-refractivity contribution in [2.24, 2.45) is 0 Å². The number of aromatic nitrogens is 2. The molecule has 3 rings (SSSR count). The highest BCUT2D eigenvalue weighted by Gasteiger charge is 2.58. The second-order valence-corrected chi connectivity index (χ2v) is 4.64. The minimum atomic E-state index is -1.26. The molecule has 7 heteroatoms. The molecule has 0 radical (unpaired) electrons. The third kappa shape index (κ3) is 1.02. The summed E-state index contributed by atoms with van der Waals surface area (Å²) in [5, 5.41) is 36.4. The first-order chi connectivity index (χ1) is 7.54. The van der Waals surface area contributed by atoms with Crippen LogP contribution in [0.5, 0.6) is 0 Å². The molecule has 1 aliphatic carbocycles. The van der Waals surface area contributed by atoms with Crippen molar-refractivity contribution in [2.45, 2.75) is 43.9 Å². The van der Waals surface area contributed by atoms with Crippen LogP contribution in [0.4, 0.5) is 0 Å². The fraction of sp³-hybridized carbons (Fsp3) is 0.778. The number of rotatable bonds is 0. The maximum absolute atomic E-state index is 11.3. The Balaban J connectivity index is 2.11. The number of hydroxylamine groups is 2. The first-order valence-electron chi connectivity index (χ1n) is 5.32. The van der Waals surface area contributed by atoms with E-state index in [-0.39, 0.29) is 11.7 Å². The van der Waals surface area contributed by atoms with Crippen LogP contribution in [0.1, 0.15) is 31.2 Å². The Morgan fingerprint density at radius 3 is 3.19 bits per heavy atom. The van der Waals surface area contributed by atoms with Gasteiger partial charge >= 0.3 is 0 Å². The minimum Gasteiger partial charge on any atom is -0.379 e. The van der Waals surface area contributed by atoms with Crippen LogP contribution in [0.15, 0.2) is 4.63 Å². The fourth-order valence-electron chi connectivity index (χ4n) is 2.91. The van der Waals surface area contributed by atoms with Gasteiger partial charge in [0.1, 0.15) is 0 Å². The lowest BCUT2D eigenvalue weighted by Gasteiger charge is -2.31. The highest BCUT2D eigenvalue weighted by Crippen LogP contribution is 2.45. The van der Waals surface area contributed by atoms with Gasteiger partial charge in [-0.3, -0.25) is 4.63 Å². The largest absolute Gasteiger partial charge is 0.379 e. The van der Waals surface area contributed by atoms with Crippen LogP contribution in [-0.2, 0) is 12.0 Å². The molecule has 1 aromatic heterocycles. The molecule has 1 fully saturated rings. The molecule has 0 saturated carbocycles. The number of fused-ring (bicyclic) bond motifs is 3. The Bertz CT molecular complexity index is 434. The van der Waals surface area contributed by atoms with Gasteiger partial charge < -0.3 is 15.5 Å². The van der Waals surface area contributed by atoms with Gasteiger partial charge in [-0.25, -0.2) is 0 Å². The first-order valence-corrected chi connectivity index (χ1v) is 5.32. The second kappa shape index (κ2) is 2.93. The second-order valence-electron chi connectivity index (χ2n) is 4.64. The smallest absolute Gasteiger partial charge is 0.254 e. The number of nitrogens with zero attached hydrogens (tertiary/aromatic N) is 3. The molecule has 0 unspecified atom stereocenters. The Hall–Kier alpha value is -1.18. The molecule has 1 aliphatic heterocycles. The van der Waals surface area contributed by atoms with Gasteiger partial charge in [-0.1, -0.05) is 0 Å². The molecule has 1 saturated heterocycles. The van der Waals surface area contributed by atoms with Crippen LogP contribution in [0.25, 0.3) is 0 Å². The Kier molecular flexibility index (Phi) is 1.84. The van der Waals surface area contributed by atoms with E-state index in [4.69, 9.17) is 0 Å². The lowest BCUT2D eigenvalue weighted by Crippen LogP contribution is -2.47. The fourth-order valence-corrected chi connectivity index (χ4v) is 2.91. The molecule has 2 heterocycles. The zero-order valence-corrected chi connectivity index (χ0v) is 8.83. The Labute approximate surface area is 91.4 Å². The molecule has 16 heavy (non-hydrogen) atoms. The predicted molar refractivity (Wildman–Crippen MR) is 49.2 cm³/mol. The monoisotopic (exact) mass is 227 g/mol. The van der Waals surface area contributed by atoms with Crippen LogP contribution >= 0.6 is 0 Å². The Morgan fingerprint density at radius 1 is 1.69 bits per heavy atom. The number of aliphatic hydroxyl groups is 1. The summed E-state index contributed by atoms with van der Waals surface area (Å²) < 4.78 is 4.51. The standard InChI is InChI=1S/C9H13N3O4/c1-5-4-9(13)7(11(5)14)3-2-6-8(9)10-16-12(6)15/h5,7,13-14H,2-4H2,1H3/t5-,7-,9-/m0/s1. The summed E-state index contributed by atoms with van der Waals surface area (Å²) in [6, 6.07) is -0.558. The minimum absolute atomic E-state index is 0.155. The molecule has 88 valence electrons. The van der Waals surface area contributed by atoms with Crippen LogP contribution in [0.2, 0.25) is 0 Å². The maximum Gasteiger partial charge on any atom is 0.254 e. The molecule has 0 spiro atoms. The summed E-state index contributed by atoms with van der Waals surface area (Å²) in [5.74, 6) is 0. The van der Waals surface area contributed by atoms with E-state index < -0.39 is 11.6 Å². The van der Waals surface area contributed by atoms with Gasteiger partial charge in [0, 0.05) is 24.0 Å². The summed E-state index contributed by atoms with van der Waals surface area (Å²) in [4.78, 5) is 0.341. The van der Waals surface area contributed by atoms with E-state index in [0.29, 0.717) is 29.9 Å². The third-order valence-corrected chi connectivity index (χ3v) is 3.69. The van der Waals surface area contributed by atoms with Crippen molar-refractivity contribution in [2.75, 3.05) is 0 Å². The summed E-state index contributed by atoms with van der Waals surface area (Å²) in [6.45, 7) is 1.82. The third-order valence-electron chi connectivity index (χ3n) is 3.69. The van der Waals surface area contributed by atoms with Gasteiger partial charge in [0.15, 0.2) is 5.60 Å². The van der Waals surface area contributed by atoms with Gasteiger partial charge in [0.2, 0.25) is 5.69 Å². The summed E-state index contributed by atoms with van der Waals surface area (Å²) in [5.41, 5.74) is -0.607. The van der Waals surface area contributed by atoms with Gasteiger partial charge in [-0.15, -0.1) is 0 Å². The van der Waals surface area contributed by atoms with E-state index in [1.165, 1.54) is 0 Å². The number of hydrogen-bond acceptors (Lipinski definition) is 6. The molecule has 1 aromatic rings. The molecule has 2 aliphatic rings. The zero-order valence-electron chi connectivity index (χ0n) is 8.83. The average Bonchev–Trinajstić information content (AvgIpc) is 2.70. The Morgan fingerprint density at radius 2 is 2.44 bits per heavy atom. The van der Waals surface area contributed by atoms with Crippen molar-refractivity contribution < 1.29 is 19.8 Å². The topological polar surface area (TPSA) is 96.7 Å². The van der Waals surface area contributed by atoms with Gasteiger partial charge in [0.25, 0.3) is 5.69 Å². The SMILES string of the molecule is C[C@H]1C[C@@]2(O)c3no[n+]([O-])c3CC[C@@H]2N1O. The molecule has 0 aromatic carbocycles. The van der Waals surface area contributed by atoms with E-state index in [2.05, 4.69) is 9.79 Å². The molecule has 2 N–H and O–H groups in total. The lowest BCUT2D eigenvalue weighted by atomic mass is 9.81. The van der Waals surface area contributed by atoms with Crippen molar-refractivity contribution in [1.29, 1.82) is 0 Å². The van der Waals surface area contributed by atoms with Crippen LogP contribution in [-0.4, -0.2) is 32.6 Å². The quantitative estimate of drug-likeness (QED) is 0.568. The van der Waals surface area contributed by atoms with E-state index in [0.717, 1.165) is 5.06 Å². The van der Waals surface area contributed by atoms with Gasteiger partial charge in [0.05, 0.1) is 6.04 Å². The van der Waals surface area contributed by atoms with E-state index in [9.17, 15) is 15.5 Å². The predicted octanol–water partition coefficient (Wildman–Crippen LogP) is -0.706. The van der Waals surface area contributed by atoms with Crippen molar-refractivity contribution >= 4 is 0 Å². The highest BCUT2D eigenvalue weighted by molar-refractivity contribution is 5.24. The molecular formula is C9H13N3O4. The van der Waals surface area contributed by atoms with Crippen molar-refractivity contribution in [1.82, 2.24) is 10.2 Å². The summed E-state index contributed by atoms with van der Waals surface area (Å²) >= 11 is 0. The van der Waals surface area contributed by atoms with Gasteiger partial charge in [-0.05, 0) is 18.2 Å². The van der Waals surface area contributed by atoms with Crippen molar-refractivity contribution in [3.63, 3.8) is 0 Å². The van der Waals surface area contributed by atoms with E-state index >= 15 is 0 Å². The summed E-state index contributed by atoms with van der Waals surface area (Å²) in [7, 11) is 0.